The van der Waals surface area contributed by atoms with Crippen LogP contribution in [-0.4, -0.2) is 29.6 Å². The van der Waals surface area contributed by atoms with E-state index in [0.717, 1.165) is 0 Å². The first kappa shape index (κ1) is 15.8. The van der Waals surface area contributed by atoms with E-state index in [9.17, 15) is 23.1 Å². The molecule has 1 saturated heterocycles. The molecular weight excluding hydrogens is 367 g/mol. The van der Waals surface area contributed by atoms with Gasteiger partial charge < -0.3 is 15.2 Å². The summed E-state index contributed by atoms with van der Waals surface area (Å²) in [4.78, 5) is 11.8. The summed E-state index contributed by atoms with van der Waals surface area (Å²) in [5, 5.41) is 12.8. The standard InChI is InChI=1S/C14H13BrF3NO3/c15-10-3-1-2-9(6-10)12(8-4-5-8)13(21,14(16,17)18)22-7-11(20)19-12/h1-3,6,8,21H,4-5,7H2,(H,19,20). The maximum atomic E-state index is 13.6. The molecule has 4 nitrogen and oxygen atoms in total. The Morgan fingerprint density at radius 1 is 1.36 bits per heavy atom. The van der Waals surface area contributed by atoms with E-state index in [-0.39, 0.29) is 5.56 Å². The molecule has 22 heavy (non-hydrogen) atoms. The van der Waals surface area contributed by atoms with Gasteiger partial charge in [-0.05, 0) is 36.5 Å². The monoisotopic (exact) mass is 379 g/mol. The van der Waals surface area contributed by atoms with Crippen molar-refractivity contribution in [3.05, 3.63) is 34.3 Å². The second-order valence-corrected chi connectivity index (χ2v) is 6.49. The van der Waals surface area contributed by atoms with Crippen molar-refractivity contribution < 1.29 is 27.8 Å². The van der Waals surface area contributed by atoms with Crippen molar-refractivity contribution >= 4 is 21.8 Å². The fourth-order valence-corrected chi connectivity index (χ4v) is 3.46. The molecule has 8 heteroatoms. The lowest BCUT2D eigenvalue weighted by Crippen LogP contribution is -2.74. The largest absolute Gasteiger partial charge is 0.446 e. The number of ether oxygens (including phenoxy) is 1. The molecule has 1 aliphatic carbocycles. The summed E-state index contributed by atoms with van der Waals surface area (Å²) < 4.78 is 46.0. The second kappa shape index (κ2) is 4.94. The van der Waals surface area contributed by atoms with Crippen molar-refractivity contribution in [2.45, 2.75) is 30.3 Å². The predicted octanol–water partition coefficient (Wildman–Crippen LogP) is 2.45. The minimum absolute atomic E-state index is 0.164. The van der Waals surface area contributed by atoms with Crippen LogP contribution in [0.5, 0.6) is 0 Å². The summed E-state index contributed by atoms with van der Waals surface area (Å²) in [5.41, 5.74) is -1.87. The highest BCUT2D eigenvalue weighted by Crippen LogP contribution is 2.57. The SMILES string of the molecule is O=C1COC(O)(C(F)(F)F)C(c2cccc(Br)c2)(C2CC2)N1. The summed E-state index contributed by atoms with van der Waals surface area (Å²) in [6.45, 7) is -0.835. The van der Waals surface area contributed by atoms with Gasteiger partial charge >= 0.3 is 6.18 Å². The summed E-state index contributed by atoms with van der Waals surface area (Å²) in [5.74, 6) is -4.69. The normalized spacial score (nSPS) is 32.7. The Balaban J connectivity index is 2.23. The average molecular weight is 380 g/mol. The molecule has 1 heterocycles. The van der Waals surface area contributed by atoms with E-state index >= 15 is 0 Å². The Hall–Kier alpha value is -1.12. The number of benzene rings is 1. The van der Waals surface area contributed by atoms with E-state index in [1.165, 1.54) is 12.1 Å². The third-order valence-electron chi connectivity index (χ3n) is 4.14. The van der Waals surface area contributed by atoms with Crippen LogP contribution in [0.4, 0.5) is 13.2 Å². The lowest BCUT2D eigenvalue weighted by atomic mass is 9.75. The van der Waals surface area contributed by atoms with E-state index in [1.807, 2.05) is 0 Å². The Bertz CT molecular complexity index is 620. The number of carbonyl (C=O) groups is 1. The van der Waals surface area contributed by atoms with Crippen LogP contribution in [0.25, 0.3) is 0 Å². The molecule has 2 N–H and O–H groups in total. The smallest absolute Gasteiger partial charge is 0.356 e. The third-order valence-corrected chi connectivity index (χ3v) is 4.63. The lowest BCUT2D eigenvalue weighted by Gasteiger charge is -2.50. The van der Waals surface area contributed by atoms with Gasteiger partial charge in [0, 0.05) is 4.47 Å². The topological polar surface area (TPSA) is 58.6 Å². The molecule has 0 radical (unpaired) electrons. The van der Waals surface area contributed by atoms with Crippen molar-refractivity contribution in [1.29, 1.82) is 0 Å². The van der Waals surface area contributed by atoms with Crippen LogP contribution in [0.1, 0.15) is 18.4 Å². The number of aliphatic hydroxyl groups is 1. The fourth-order valence-electron chi connectivity index (χ4n) is 3.06. The maximum absolute atomic E-state index is 13.6. The Kier molecular flexibility index (Phi) is 3.54. The van der Waals surface area contributed by atoms with Gasteiger partial charge in [-0.15, -0.1) is 0 Å². The molecule has 120 valence electrons. The Morgan fingerprint density at radius 2 is 2.05 bits per heavy atom. The Morgan fingerprint density at radius 3 is 2.59 bits per heavy atom. The average Bonchev–Trinajstić information content (AvgIpc) is 3.25. The molecule has 2 unspecified atom stereocenters. The van der Waals surface area contributed by atoms with E-state index in [1.54, 1.807) is 12.1 Å². The molecule has 2 atom stereocenters. The van der Waals surface area contributed by atoms with Crippen LogP contribution < -0.4 is 5.32 Å². The molecular formula is C14H13BrF3NO3. The van der Waals surface area contributed by atoms with Crippen molar-refractivity contribution in [2.24, 2.45) is 5.92 Å². The maximum Gasteiger partial charge on any atom is 0.446 e. The summed E-state index contributed by atoms with van der Waals surface area (Å²) in [7, 11) is 0. The quantitative estimate of drug-likeness (QED) is 0.829. The molecule has 2 aliphatic rings. The minimum atomic E-state index is -5.05. The van der Waals surface area contributed by atoms with Crippen LogP contribution in [0.2, 0.25) is 0 Å². The number of morpholine rings is 1. The molecule has 1 amide bonds. The highest BCUT2D eigenvalue weighted by atomic mass is 79.9. The summed E-state index contributed by atoms with van der Waals surface area (Å²) in [6, 6.07) is 6.13. The van der Waals surface area contributed by atoms with E-state index < -0.39 is 35.9 Å². The summed E-state index contributed by atoms with van der Waals surface area (Å²) >= 11 is 3.21. The van der Waals surface area contributed by atoms with Crippen LogP contribution >= 0.6 is 15.9 Å². The number of nitrogens with one attached hydrogen (secondary N) is 1. The highest BCUT2D eigenvalue weighted by molar-refractivity contribution is 9.10. The van der Waals surface area contributed by atoms with Gasteiger partial charge in [0.2, 0.25) is 5.91 Å². The van der Waals surface area contributed by atoms with Crippen LogP contribution in [0, 0.1) is 5.92 Å². The van der Waals surface area contributed by atoms with E-state index in [2.05, 4.69) is 26.0 Å². The number of halogens is 4. The molecule has 0 bridgehead atoms. The minimum Gasteiger partial charge on any atom is -0.356 e. The van der Waals surface area contributed by atoms with Crippen molar-refractivity contribution in [2.75, 3.05) is 6.61 Å². The van der Waals surface area contributed by atoms with Gasteiger partial charge in [0.05, 0.1) is 0 Å². The van der Waals surface area contributed by atoms with E-state index in [0.29, 0.717) is 17.3 Å². The first-order chi connectivity index (χ1) is 10.2. The predicted molar refractivity (Wildman–Crippen MR) is 73.6 cm³/mol. The van der Waals surface area contributed by atoms with Crippen molar-refractivity contribution in [3.8, 4) is 0 Å². The van der Waals surface area contributed by atoms with Crippen molar-refractivity contribution in [3.63, 3.8) is 0 Å². The van der Waals surface area contributed by atoms with E-state index in [4.69, 9.17) is 0 Å². The van der Waals surface area contributed by atoms with Gasteiger partial charge in [0.25, 0.3) is 5.79 Å². The first-order valence-electron chi connectivity index (χ1n) is 6.71. The molecule has 0 spiro atoms. The van der Waals surface area contributed by atoms with Gasteiger partial charge in [-0.2, -0.15) is 13.2 Å². The number of rotatable bonds is 2. The zero-order chi connectivity index (χ0) is 16.2. The molecule has 0 aromatic heterocycles. The zero-order valence-corrected chi connectivity index (χ0v) is 12.9. The summed E-state index contributed by atoms with van der Waals surface area (Å²) in [6.07, 6.45) is -4.12. The van der Waals surface area contributed by atoms with Gasteiger partial charge in [0.1, 0.15) is 12.1 Å². The van der Waals surface area contributed by atoms with Crippen LogP contribution in [0.15, 0.2) is 28.7 Å². The lowest BCUT2D eigenvalue weighted by molar-refractivity contribution is -0.403. The molecule has 2 fully saturated rings. The second-order valence-electron chi connectivity index (χ2n) is 5.57. The van der Waals surface area contributed by atoms with Crippen LogP contribution in [0.3, 0.4) is 0 Å². The van der Waals surface area contributed by atoms with Gasteiger partial charge in [-0.3, -0.25) is 4.79 Å². The number of amides is 1. The molecule has 3 rings (SSSR count). The first-order valence-corrected chi connectivity index (χ1v) is 7.50. The fraction of sp³-hybridized carbons (Fsp3) is 0.500. The number of carbonyl (C=O) groups excluding carboxylic acids is 1. The third kappa shape index (κ3) is 2.16. The van der Waals surface area contributed by atoms with Gasteiger partial charge in [-0.1, -0.05) is 28.1 Å². The van der Waals surface area contributed by atoms with Gasteiger partial charge in [0.15, 0.2) is 0 Å². The number of hydrogen-bond donors (Lipinski definition) is 2. The molecule has 1 aromatic rings. The number of hydrogen-bond acceptors (Lipinski definition) is 3. The molecule has 1 aliphatic heterocycles. The van der Waals surface area contributed by atoms with Crippen LogP contribution in [-0.2, 0) is 15.1 Å². The Labute approximate surface area is 132 Å². The highest BCUT2D eigenvalue weighted by Gasteiger charge is 2.74. The van der Waals surface area contributed by atoms with Crippen molar-refractivity contribution in [1.82, 2.24) is 5.32 Å². The molecule has 1 aromatic carbocycles. The zero-order valence-electron chi connectivity index (χ0n) is 11.3. The van der Waals surface area contributed by atoms with Gasteiger partial charge in [-0.25, -0.2) is 0 Å². The number of alkyl halides is 3. The molecule has 1 saturated carbocycles.